The summed E-state index contributed by atoms with van der Waals surface area (Å²) in [4.78, 5) is 18.2. The lowest BCUT2D eigenvalue weighted by Crippen LogP contribution is -2.29. The predicted molar refractivity (Wildman–Crippen MR) is 21.8 cm³/mol. The summed E-state index contributed by atoms with van der Waals surface area (Å²) in [6, 6.07) is 0.954. The monoisotopic (exact) mass is 99.0 g/mol. The number of hydrogen-bond acceptors (Lipinski definition) is 2. The van der Waals surface area contributed by atoms with E-state index in [4.69, 9.17) is 9.90 Å². The first-order chi connectivity index (χ1) is 3.22. The molecule has 0 amide bonds. The third-order valence-corrected chi connectivity index (χ3v) is 0.744. The first-order valence-electron chi connectivity index (χ1n) is 1.73. The fourth-order valence-electron chi connectivity index (χ4n) is 0.309. The van der Waals surface area contributed by atoms with Crippen molar-refractivity contribution in [2.75, 3.05) is 0 Å². The van der Waals surface area contributed by atoms with E-state index in [1.165, 1.54) is 0 Å². The molecule has 0 radical (unpaired) electrons. The quantitative estimate of drug-likeness (QED) is 0.322. The zero-order valence-corrected chi connectivity index (χ0v) is 3.38. The molecule has 0 saturated heterocycles. The van der Waals surface area contributed by atoms with E-state index in [2.05, 4.69) is 0 Å². The van der Waals surface area contributed by atoms with Crippen LogP contribution in [0.3, 0.4) is 0 Å². The second kappa shape index (κ2) is 0.932. The van der Waals surface area contributed by atoms with Crippen LogP contribution in [-0.4, -0.2) is 9.90 Å². The average Bonchev–Trinajstić information content (AvgIpc) is 1.68. The minimum absolute atomic E-state index is 0.315. The molecule has 0 spiro atoms. The van der Waals surface area contributed by atoms with Crippen molar-refractivity contribution in [3.05, 3.63) is 21.7 Å². The minimum atomic E-state index is -0.528. The van der Waals surface area contributed by atoms with Crippen LogP contribution in [0.1, 0.15) is 0 Å². The second-order valence-corrected chi connectivity index (χ2v) is 1.24. The maximum atomic E-state index is 9.92. The van der Waals surface area contributed by atoms with Crippen LogP contribution < -0.4 is 10.9 Å². The Bertz CT molecular complexity index is 241. The van der Waals surface area contributed by atoms with E-state index in [0.717, 1.165) is 6.07 Å². The van der Waals surface area contributed by atoms with Crippen molar-refractivity contribution in [1.29, 1.82) is 0 Å². The van der Waals surface area contributed by atoms with Gasteiger partial charge in [-0.15, -0.1) is 0 Å². The molecule has 1 aromatic carbocycles. The largest absolute Gasteiger partial charge is 0.500 e. The molecular weight excluding hydrogens is 96.0 g/mol. The van der Waals surface area contributed by atoms with Crippen molar-refractivity contribution in [2.24, 2.45) is 0 Å². The third kappa shape index (κ3) is 0.342. The molecule has 0 atom stereocenters. The van der Waals surface area contributed by atoms with Gasteiger partial charge in [0.25, 0.3) is 5.43 Å². The average molecular weight is 99.1 g/mol. The molecule has 0 heterocycles. The summed E-state index contributed by atoms with van der Waals surface area (Å²) in [5, 5.41) is 8.24. The second-order valence-electron chi connectivity index (χ2n) is 1.24. The van der Waals surface area contributed by atoms with Gasteiger partial charge in [0.15, 0.2) is 0 Å². The van der Waals surface area contributed by atoms with Gasteiger partial charge in [0.1, 0.15) is 0 Å². The molecule has 0 unspecified atom stereocenters. The van der Waals surface area contributed by atoms with Crippen LogP contribution in [0.2, 0.25) is 0 Å². The van der Waals surface area contributed by atoms with Crippen LogP contribution in [0.4, 0.5) is 0 Å². The molecular formula is C4H3O3+. The lowest BCUT2D eigenvalue weighted by atomic mass is 10.3. The lowest BCUT2D eigenvalue weighted by Gasteiger charge is -1.78. The normalized spacial score (nSPS) is 9.71. The Morgan fingerprint density at radius 1 is 1.71 bits per heavy atom. The van der Waals surface area contributed by atoms with E-state index in [-0.39, 0.29) is 5.75 Å². The van der Waals surface area contributed by atoms with Crippen LogP contribution in [0.15, 0.2) is 10.9 Å². The molecule has 0 aliphatic rings. The van der Waals surface area contributed by atoms with Crippen LogP contribution in [0.25, 0.3) is 0 Å². The van der Waals surface area contributed by atoms with Gasteiger partial charge in [-0.1, -0.05) is 0 Å². The van der Waals surface area contributed by atoms with Crippen LogP contribution in [-0.2, 0) is 0 Å². The maximum absolute atomic E-state index is 9.92. The molecule has 1 aromatic rings. The summed E-state index contributed by atoms with van der Waals surface area (Å²) >= 11 is 0. The van der Waals surface area contributed by atoms with Crippen molar-refractivity contribution in [3.63, 3.8) is 0 Å². The molecule has 2 N–H and O–H groups in total. The van der Waals surface area contributed by atoms with Crippen molar-refractivity contribution in [3.8, 4) is 5.75 Å². The fourth-order valence-corrected chi connectivity index (χ4v) is 0.309. The van der Waals surface area contributed by atoms with E-state index in [0.29, 0.717) is 0 Å². The van der Waals surface area contributed by atoms with Crippen molar-refractivity contribution in [2.45, 2.75) is 0 Å². The number of hydrogen-bond donors (Lipinski definition) is 1. The summed E-state index contributed by atoms with van der Waals surface area (Å²) < 4.78 is 0. The minimum Gasteiger partial charge on any atom is -0.500 e. The van der Waals surface area contributed by atoms with E-state index in [1.54, 1.807) is 0 Å². The van der Waals surface area contributed by atoms with E-state index in [1.807, 2.05) is 0 Å². The molecule has 1 rings (SSSR count). The van der Waals surface area contributed by atoms with Crippen LogP contribution in [0, 0.1) is 0 Å². The van der Waals surface area contributed by atoms with Crippen LogP contribution in [0.5, 0.6) is 5.75 Å². The summed E-state index contributed by atoms with van der Waals surface area (Å²) in [6.07, 6.45) is 0. The highest BCUT2D eigenvalue weighted by atomic mass is 16.3. The van der Waals surface area contributed by atoms with E-state index in [9.17, 15) is 4.79 Å². The molecule has 0 aromatic heterocycles. The molecule has 0 bridgehead atoms. The van der Waals surface area contributed by atoms with Gasteiger partial charge in [-0.05, 0) is 0 Å². The Morgan fingerprint density at radius 2 is 2.29 bits per heavy atom. The standard InChI is InChI=1S/C4H2O3/c5-2-1-3(6)4(2)7/h1,5H/p+1. The Balaban J connectivity index is 3.44. The van der Waals surface area contributed by atoms with Gasteiger partial charge < -0.3 is 5.11 Å². The van der Waals surface area contributed by atoms with Gasteiger partial charge >= 0.3 is 5.43 Å². The molecule has 7 heavy (non-hydrogen) atoms. The molecule has 0 saturated carbocycles. The molecule has 3 heteroatoms. The molecule has 0 aliphatic carbocycles. The van der Waals surface area contributed by atoms with Gasteiger partial charge in [0.05, 0.1) is 0 Å². The highest BCUT2D eigenvalue weighted by molar-refractivity contribution is 5.21. The van der Waals surface area contributed by atoms with Gasteiger partial charge in [0.2, 0.25) is 5.75 Å². The first kappa shape index (κ1) is 4.05. The van der Waals surface area contributed by atoms with Gasteiger partial charge in [-0.3, -0.25) is 9.59 Å². The zero-order chi connectivity index (χ0) is 5.44. The summed E-state index contributed by atoms with van der Waals surface area (Å²) in [7, 11) is 0. The third-order valence-electron chi connectivity index (χ3n) is 0.744. The van der Waals surface area contributed by atoms with Gasteiger partial charge in [0, 0.05) is 6.07 Å². The molecule has 0 aliphatic heterocycles. The smallest absolute Gasteiger partial charge is 0.428 e. The zero-order valence-electron chi connectivity index (χ0n) is 3.38. The SMILES string of the molecule is O=c1cc(O)c1=[OH+]. The summed E-state index contributed by atoms with van der Waals surface area (Å²) in [5.74, 6) is -0.315. The Morgan fingerprint density at radius 3 is 2.29 bits per heavy atom. The number of rotatable bonds is 0. The van der Waals surface area contributed by atoms with Gasteiger partial charge in [-0.2, -0.15) is 0 Å². The van der Waals surface area contributed by atoms with Crippen molar-refractivity contribution < 1.29 is 9.90 Å². The van der Waals surface area contributed by atoms with E-state index >= 15 is 0 Å². The summed E-state index contributed by atoms with van der Waals surface area (Å²) in [5.41, 5.74) is -1.03. The maximum Gasteiger partial charge on any atom is 0.428 e. The Hall–Kier alpha value is -1.12. The molecule has 0 fully saturated rings. The van der Waals surface area contributed by atoms with E-state index < -0.39 is 10.9 Å². The van der Waals surface area contributed by atoms with Crippen LogP contribution >= 0.6 is 0 Å². The Labute approximate surface area is 38.5 Å². The predicted octanol–water partition coefficient (Wildman–Crippen LogP) is -1.37. The lowest BCUT2D eigenvalue weighted by molar-refractivity contribution is 0.423. The Kier molecular flexibility index (Phi) is 0.539. The highest BCUT2D eigenvalue weighted by Crippen LogP contribution is 1.90. The highest BCUT2D eigenvalue weighted by Gasteiger charge is 2.11. The molecule has 3 nitrogen and oxygen atoms in total. The molecule has 36 valence electrons. The summed E-state index contributed by atoms with van der Waals surface area (Å²) in [6.45, 7) is 0. The van der Waals surface area contributed by atoms with Crippen molar-refractivity contribution >= 4 is 0 Å². The fraction of sp³-hybridized carbons (Fsp3) is 0. The first-order valence-corrected chi connectivity index (χ1v) is 1.73. The van der Waals surface area contributed by atoms with Gasteiger partial charge in [-0.25, -0.2) is 0 Å². The topological polar surface area (TPSA) is 58.7 Å². The van der Waals surface area contributed by atoms with Crippen molar-refractivity contribution in [1.82, 2.24) is 0 Å². The number of aromatic hydroxyl groups is 1.